The first-order valence-corrected chi connectivity index (χ1v) is 5.63. The molecule has 2 fully saturated rings. The second-order valence-corrected chi connectivity index (χ2v) is 4.74. The number of carbonyl (C=O) groups is 2. The number of ether oxygens (including phenoxy) is 4. The van der Waals surface area contributed by atoms with E-state index in [9.17, 15) is 14.7 Å². The van der Waals surface area contributed by atoms with E-state index >= 15 is 0 Å². The van der Waals surface area contributed by atoms with E-state index in [1.165, 1.54) is 7.11 Å². The summed E-state index contributed by atoms with van der Waals surface area (Å²) in [6.45, 7) is 3.37. The highest BCUT2D eigenvalue weighted by Gasteiger charge is 2.56. The van der Waals surface area contributed by atoms with Gasteiger partial charge in [-0.3, -0.25) is 9.59 Å². The van der Waals surface area contributed by atoms with Crippen molar-refractivity contribution in [1.82, 2.24) is 0 Å². The summed E-state index contributed by atoms with van der Waals surface area (Å²) in [5, 5.41) is 9.94. The smallest absolute Gasteiger partial charge is 0.313 e. The van der Waals surface area contributed by atoms with Crippen LogP contribution in [0.2, 0.25) is 0 Å². The molecule has 2 heterocycles. The lowest BCUT2D eigenvalue weighted by molar-refractivity contribution is -0.214. The second kappa shape index (κ2) is 4.58. The van der Waals surface area contributed by atoms with Crippen molar-refractivity contribution in [1.29, 1.82) is 0 Å². The Balaban J connectivity index is 1.99. The van der Waals surface area contributed by atoms with Gasteiger partial charge < -0.3 is 24.1 Å². The van der Waals surface area contributed by atoms with Crippen LogP contribution in [0.4, 0.5) is 0 Å². The third-order valence-corrected chi connectivity index (χ3v) is 2.88. The highest BCUT2D eigenvalue weighted by Crippen LogP contribution is 2.37. The molecule has 7 nitrogen and oxygen atoms in total. The minimum Gasteiger partial charge on any atom is -0.469 e. The quantitative estimate of drug-likeness (QED) is 0.533. The van der Waals surface area contributed by atoms with Gasteiger partial charge in [-0.1, -0.05) is 0 Å². The zero-order chi connectivity index (χ0) is 13.5. The maximum absolute atomic E-state index is 11.7. The minimum atomic E-state index is -1.14. The van der Waals surface area contributed by atoms with Crippen molar-refractivity contribution < 1.29 is 33.6 Å². The van der Waals surface area contributed by atoms with Gasteiger partial charge in [0.2, 0.25) is 0 Å². The number of methoxy groups -OCH3 is 1. The van der Waals surface area contributed by atoms with Gasteiger partial charge in [0.1, 0.15) is 24.7 Å². The number of rotatable bonds is 3. The fraction of sp³-hybridized carbons (Fsp3) is 0.818. The number of ketones is 1. The summed E-state index contributed by atoms with van der Waals surface area (Å²) in [5.41, 5.74) is 0. The lowest BCUT2D eigenvalue weighted by Crippen LogP contribution is -2.39. The Hall–Kier alpha value is -1.02. The van der Waals surface area contributed by atoms with Crippen molar-refractivity contribution in [2.45, 2.75) is 50.7 Å². The van der Waals surface area contributed by atoms with E-state index in [1.807, 2.05) is 0 Å². The van der Waals surface area contributed by atoms with Crippen LogP contribution < -0.4 is 0 Å². The number of carbonyl (C=O) groups excluding carboxylic acids is 2. The Labute approximate surface area is 104 Å². The molecule has 0 bridgehead atoms. The molecule has 2 saturated heterocycles. The van der Waals surface area contributed by atoms with Gasteiger partial charge in [0.05, 0.1) is 7.11 Å². The maximum Gasteiger partial charge on any atom is 0.313 e. The van der Waals surface area contributed by atoms with Gasteiger partial charge in [0.25, 0.3) is 0 Å². The summed E-state index contributed by atoms with van der Waals surface area (Å²) in [4.78, 5) is 22.7. The molecule has 4 atom stereocenters. The molecule has 0 saturated carbocycles. The average molecular weight is 260 g/mol. The molecule has 102 valence electrons. The van der Waals surface area contributed by atoms with Crippen LogP contribution in [-0.4, -0.2) is 54.4 Å². The summed E-state index contributed by atoms with van der Waals surface area (Å²) in [7, 11) is 1.19. The van der Waals surface area contributed by atoms with Crippen molar-refractivity contribution in [2.24, 2.45) is 0 Å². The third kappa shape index (κ3) is 2.39. The topological polar surface area (TPSA) is 91.3 Å². The lowest BCUT2D eigenvalue weighted by Gasteiger charge is -2.22. The van der Waals surface area contributed by atoms with Gasteiger partial charge in [-0.25, -0.2) is 0 Å². The van der Waals surface area contributed by atoms with Crippen LogP contribution in [0, 0.1) is 0 Å². The van der Waals surface area contributed by atoms with E-state index in [-0.39, 0.29) is 0 Å². The van der Waals surface area contributed by atoms with E-state index in [0.717, 1.165) is 0 Å². The van der Waals surface area contributed by atoms with Crippen LogP contribution in [0.5, 0.6) is 0 Å². The minimum absolute atomic E-state index is 0.443. The third-order valence-electron chi connectivity index (χ3n) is 2.88. The van der Waals surface area contributed by atoms with Crippen molar-refractivity contribution >= 4 is 11.8 Å². The summed E-state index contributed by atoms with van der Waals surface area (Å²) >= 11 is 0. The van der Waals surface area contributed by atoms with Crippen LogP contribution in [0.1, 0.15) is 20.3 Å². The monoisotopic (exact) mass is 260 g/mol. The number of fused-ring (bicyclic) bond motifs is 1. The molecule has 2 aliphatic heterocycles. The molecular formula is C11H16O7. The van der Waals surface area contributed by atoms with Crippen LogP contribution in [-0.2, 0) is 28.5 Å². The molecule has 0 radical (unpaired) electrons. The Morgan fingerprint density at radius 3 is 2.56 bits per heavy atom. The Morgan fingerprint density at radius 2 is 2.00 bits per heavy atom. The largest absolute Gasteiger partial charge is 0.469 e. The second-order valence-electron chi connectivity index (χ2n) is 4.74. The average Bonchev–Trinajstić information content (AvgIpc) is 2.73. The van der Waals surface area contributed by atoms with Crippen molar-refractivity contribution in [3.05, 3.63) is 0 Å². The molecule has 0 aliphatic carbocycles. The maximum atomic E-state index is 11.7. The molecule has 2 rings (SSSR count). The Morgan fingerprint density at radius 1 is 1.33 bits per heavy atom. The van der Waals surface area contributed by atoms with Crippen LogP contribution in [0.15, 0.2) is 0 Å². The van der Waals surface area contributed by atoms with Crippen LogP contribution in [0.3, 0.4) is 0 Å². The number of hydrogen-bond acceptors (Lipinski definition) is 7. The molecule has 2 aliphatic rings. The van der Waals surface area contributed by atoms with E-state index in [4.69, 9.17) is 14.2 Å². The van der Waals surface area contributed by atoms with E-state index < -0.39 is 48.6 Å². The number of aliphatic hydroxyl groups excluding tert-OH is 1. The first kappa shape index (κ1) is 13.4. The molecule has 0 spiro atoms. The first-order chi connectivity index (χ1) is 8.34. The molecule has 0 aromatic rings. The van der Waals surface area contributed by atoms with E-state index in [1.54, 1.807) is 13.8 Å². The summed E-state index contributed by atoms with van der Waals surface area (Å²) in [6, 6.07) is 0. The summed E-state index contributed by atoms with van der Waals surface area (Å²) in [6.07, 6.45) is -4.21. The lowest BCUT2D eigenvalue weighted by atomic mass is 10.1. The van der Waals surface area contributed by atoms with Crippen LogP contribution in [0.25, 0.3) is 0 Å². The van der Waals surface area contributed by atoms with E-state index in [0.29, 0.717) is 0 Å². The first-order valence-electron chi connectivity index (χ1n) is 5.63. The van der Waals surface area contributed by atoms with Gasteiger partial charge in [-0.15, -0.1) is 0 Å². The van der Waals surface area contributed by atoms with Crippen molar-refractivity contribution in [3.63, 3.8) is 0 Å². The normalized spacial score (nSPS) is 37.3. The highest BCUT2D eigenvalue weighted by molar-refractivity contribution is 5.98. The predicted octanol–water partition coefficient (Wildman–Crippen LogP) is -0.644. The zero-order valence-corrected chi connectivity index (χ0v) is 10.4. The molecule has 18 heavy (non-hydrogen) atoms. The number of aliphatic hydroxyl groups is 1. The SMILES string of the molecule is COC(=O)CC(=O)[C@H]1O[C@@H]2OC(C)(C)O[C@@H]2[C@H]1O. The van der Waals surface area contributed by atoms with E-state index in [2.05, 4.69) is 4.74 Å². The number of hydrogen-bond donors (Lipinski definition) is 1. The molecule has 0 aromatic heterocycles. The van der Waals surface area contributed by atoms with Crippen LogP contribution >= 0.6 is 0 Å². The highest BCUT2D eigenvalue weighted by atomic mass is 16.8. The summed E-state index contributed by atoms with van der Waals surface area (Å²) < 4.78 is 20.5. The number of esters is 1. The Bertz CT molecular complexity index is 364. The Kier molecular flexibility index (Phi) is 3.41. The number of Topliss-reactive ketones (excluding diaryl/α,β-unsaturated/α-hetero) is 1. The fourth-order valence-corrected chi connectivity index (χ4v) is 2.07. The van der Waals surface area contributed by atoms with Gasteiger partial charge >= 0.3 is 5.97 Å². The molecule has 0 aromatic carbocycles. The molecule has 7 heteroatoms. The predicted molar refractivity (Wildman–Crippen MR) is 56.3 cm³/mol. The van der Waals surface area contributed by atoms with Crippen molar-refractivity contribution in [2.75, 3.05) is 7.11 Å². The molecule has 0 amide bonds. The van der Waals surface area contributed by atoms with Gasteiger partial charge in [-0.05, 0) is 13.8 Å². The van der Waals surface area contributed by atoms with Crippen molar-refractivity contribution in [3.8, 4) is 0 Å². The molecule has 0 unspecified atom stereocenters. The molecule has 1 N–H and O–H groups in total. The standard InChI is InChI=1S/C11H16O7/c1-11(2)17-9-7(14)8(16-10(9)18-11)5(12)4-6(13)15-3/h7-10,14H,4H2,1-3H3/t7-,8+,9+,10+/m0/s1. The van der Waals surface area contributed by atoms with Gasteiger partial charge in [0.15, 0.2) is 17.9 Å². The fourth-order valence-electron chi connectivity index (χ4n) is 2.07. The molecular weight excluding hydrogens is 244 g/mol. The van der Waals surface area contributed by atoms with Gasteiger partial charge in [-0.2, -0.15) is 0 Å². The van der Waals surface area contributed by atoms with Gasteiger partial charge in [0, 0.05) is 0 Å². The summed E-state index contributed by atoms with van der Waals surface area (Å²) in [5.74, 6) is -2.07. The zero-order valence-electron chi connectivity index (χ0n) is 10.4.